The molecule has 30 heavy (non-hydrogen) atoms. The number of nitrogens with one attached hydrogen (secondary N) is 2. The molecule has 1 aliphatic heterocycles. The van der Waals surface area contributed by atoms with E-state index in [1.165, 1.54) is 5.56 Å². The van der Waals surface area contributed by atoms with Crippen molar-refractivity contribution in [1.29, 1.82) is 0 Å². The second-order valence-electron chi connectivity index (χ2n) is 7.75. The first-order valence-corrected chi connectivity index (χ1v) is 10.7. The summed E-state index contributed by atoms with van der Waals surface area (Å²) in [5.74, 6) is 3.03. The molecule has 8 nitrogen and oxygen atoms in total. The maximum absolute atomic E-state index is 5.80. The molecular weight excluding hydrogens is 380 g/mol. The van der Waals surface area contributed by atoms with Crippen LogP contribution in [0.25, 0.3) is 0 Å². The van der Waals surface area contributed by atoms with Crippen molar-refractivity contribution in [3.05, 3.63) is 47.5 Å². The number of hydrogen-bond donors (Lipinski definition) is 2. The van der Waals surface area contributed by atoms with E-state index in [0.29, 0.717) is 12.5 Å². The predicted octanol–water partition coefficient (Wildman–Crippen LogP) is 2.36. The summed E-state index contributed by atoms with van der Waals surface area (Å²) in [6.45, 7) is 8.53. The first-order valence-electron chi connectivity index (χ1n) is 10.7. The monoisotopic (exact) mass is 414 g/mol. The number of aryl methyl sites for hydroxylation is 1. The van der Waals surface area contributed by atoms with Crippen molar-refractivity contribution in [2.75, 3.05) is 33.0 Å². The molecule has 164 valence electrons. The van der Waals surface area contributed by atoms with Crippen LogP contribution in [0.3, 0.4) is 0 Å². The molecule has 0 bridgehead atoms. The van der Waals surface area contributed by atoms with Crippen LogP contribution in [0.1, 0.15) is 43.0 Å². The SMILES string of the molecule is Cc1nnc(CN=C(NCCCOCC2CCOC2)NC(C)c2ccccc2)n1C. The fourth-order valence-corrected chi connectivity index (χ4v) is 3.27. The minimum absolute atomic E-state index is 0.136. The minimum Gasteiger partial charge on any atom is -0.381 e. The number of aromatic nitrogens is 3. The zero-order valence-electron chi connectivity index (χ0n) is 18.3. The molecule has 1 saturated heterocycles. The lowest BCUT2D eigenvalue weighted by Crippen LogP contribution is -2.39. The van der Waals surface area contributed by atoms with Crippen molar-refractivity contribution in [3.8, 4) is 0 Å². The summed E-state index contributed by atoms with van der Waals surface area (Å²) >= 11 is 0. The maximum Gasteiger partial charge on any atom is 0.192 e. The highest BCUT2D eigenvalue weighted by molar-refractivity contribution is 5.80. The van der Waals surface area contributed by atoms with Crippen LogP contribution in [0.15, 0.2) is 35.3 Å². The quantitative estimate of drug-likeness (QED) is 0.353. The molecule has 0 spiro atoms. The van der Waals surface area contributed by atoms with Gasteiger partial charge in [-0.1, -0.05) is 30.3 Å². The molecule has 1 aromatic heterocycles. The summed E-state index contributed by atoms with van der Waals surface area (Å²) in [5.41, 5.74) is 1.21. The van der Waals surface area contributed by atoms with Gasteiger partial charge in [-0.15, -0.1) is 10.2 Å². The van der Waals surface area contributed by atoms with Crippen LogP contribution in [0.4, 0.5) is 0 Å². The molecule has 1 aliphatic rings. The third-order valence-corrected chi connectivity index (χ3v) is 5.35. The van der Waals surface area contributed by atoms with Gasteiger partial charge in [0.15, 0.2) is 11.8 Å². The molecule has 0 saturated carbocycles. The molecule has 2 aromatic rings. The van der Waals surface area contributed by atoms with Gasteiger partial charge in [0.05, 0.1) is 19.3 Å². The summed E-state index contributed by atoms with van der Waals surface area (Å²) in [6, 6.07) is 10.5. The van der Waals surface area contributed by atoms with E-state index < -0.39 is 0 Å². The van der Waals surface area contributed by atoms with E-state index in [1.54, 1.807) is 0 Å². The van der Waals surface area contributed by atoms with E-state index in [1.807, 2.05) is 36.7 Å². The summed E-state index contributed by atoms with van der Waals surface area (Å²) in [7, 11) is 1.96. The fourth-order valence-electron chi connectivity index (χ4n) is 3.27. The van der Waals surface area contributed by atoms with Crippen LogP contribution >= 0.6 is 0 Å². The summed E-state index contributed by atoms with van der Waals surface area (Å²) in [6.07, 6.45) is 2.02. The summed E-state index contributed by atoms with van der Waals surface area (Å²) in [4.78, 5) is 4.73. The zero-order valence-corrected chi connectivity index (χ0v) is 18.3. The highest BCUT2D eigenvalue weighted by Crippen LogP contribution is 2.12. The van der Waals surface area contributed by atoms with Gasteiger partial charge in [0, 0.05) is 32.7 Å². The Morgan fingerprint density at radius 2 is 2.17 bits per heavy atom. The van der Waals surface area contributed by atoms with E-state index in [9.17, 15) is 0 Å². The Hall–Kier alpha value is -2.45. The number of hydrogen-bond acceptors (Lipinski definition) is 5. The second-order valence-corrected chi connectivity index (χ2v) is 7.75. The molecular formula is C22H34N6O2. The summed E-state index contributed by atoms with van der Waals surface area (Å²) < 4.78 is 13.1. The fraction of sp³-hybridized carbons (Fsp3) is 0.591. The molecule has 0 aliphatic carbocycles. The molecule has 2 heterocycles. The van der Waals surface area contributed by atoms with Gasteiger partial charge in [0.25, 0.3) is 0 Å². The van der Waals surface area contributed by atoms with E-state index >= 15 is 0 Å². The molecule has 3 rings (SSSR count). The maximum atomic E-state index is 5.80. The van der Waals surface area contributed by atoms with Crippen molar-refractivity contribution < 1.29 is 9.47 Å². The van der Waals surface area contributed by atoms with Gasteiger partial charge >= 0.3 is 0 Å². The van der Waals surface area contributed by atoms with E-state index in [0.717, 1.165) is 63.4 Å². The third-order valence-electron chi connectivity index (χ3n) is 5.35. The number of guanidine groups is 1. The number of aliphatic imine (C=N–C) groups is 1. The molecule has 1 fully saturated rings. The number of benzene rings is 1. The van der Waals surface area contributed by atoms with Gasteiger partial charge in [-0.25, -0.2) is 4.99 Å². The molecule has 2 atom stereocenters. The van der Waals surface area contributed by atoms with Gasteiger partial charge in [-0.05, 0) is 32.3 Å². The lowest BCUT2D eigenvalue weighted by atomic mass is 10.1. The van der Waals surface area contributed by atoms with Crippen molar-refractivity contribution in [2.45, 2.75) is 39.3 Å². The number of rotatable bonds is 10. The van der Waals surface area contributed by atoms with Gasteiger partial charge in [-0.3, -0.25) is 0 Å². The van der Waals surface area contributed by atoms with Crippen LogP contribution < -0.4 is 10.6 Å². The topological polar surface area (TPSA) is 85.6 Å². The smallest absolute Gasteiger partial charge is 0.192 e. The van der Waals surface area contributed by atoms with E-state index in [2.05, 4.69) is 39.9 Å². The van der Waals surface area contributed by atoms with Crippen molar-refractivity contribution in [1.82, 2.24) is 25.4 Å². The largest absolute Gasteiger partial charge is 0.381 e. The predicted molar refractivity (Wildman–Crippen MR) is 117 cm³/mol. The van der Waals surface area contributed by atoms with Crippen molar-refractivity contribution in [3.63, 3.8) is 0 Å². The highest BCUT2D eigenvalue weighted by atomic mass is 16.5. The van der Waals surface area contributed by atoms with E-state index in [4.69, 9.17) is 14.5 Å². The van der Waals surface area contributed by atoms with Crippen LogP contribution in [-0.2, 0) is 23.1 Å². The standard InChI is InChI=1S/C22H34N6O2/c1-17(20-8-5-4-6-9-20)25-22(24-14-21-27-26-18(2)28(21)3)23-11-7-12-29-15-19-10-13-30-16-19/h4-6,8-9,17,19H,7,10-16H2,1-3H3,(H2,23,24,25). The third kappa shape index (κ3) is 6.81. The van der Waals surface area contributed by atoms with Crippen LogP contribution in [0.5, 0.6) is 0 Å². The second kappa shape index (κ2) is 11.7. The molecule has 1 aromatic carbocycles. The summed E-state index contributed by atoms with van der Waals surface area (Å²) in [5, 5.41) is 15.2. The van der Waals surface area contributed by atoms with Crippen LogP contribution in [-0.4, -0.2) is 53.7 Å². The molecule has 0 amide bonds. The molecule has 2 unspecified atom stereocenters. The van der Waals surface area contributed by atoms with Crippen LogP contribution in [0, 0.1) is 12.8 Å². The Bertz CT molecular complexity index is 786. The minimum atomic E-state index is 0.136. The molecule has 0 radical (unpaired) electrons. The Balaban J connectivity index is 1.50. The normalized spacial score (nSPS) is 17.8. The number of nitrogens with zero attached hydrogens (tertiary/aromatic N) is 4. The Morgan fingerprint density at radius 1 is 1.33 bits per heavy atom. The molecule has 8 heteroatoms. The number of ether oxygens (including phenoxy) is 2. The van der Waals surface area contributed by atoms with Crippen molar-refractivity contribution >= 4 is 5.96 Å². The Labute approximate surface area is 179 Å². The first-order chi connectivity index (χ1) is 14.6. The lowest BCUT2D eigenvalue weighted by Gasteiger charge is -2.19. The van der Waals surface area contributed by atoms with Gasteiger partial charge in [0.1, 0.15) is 12.4 Å². The zero-order chi connectivity index (χ0) is 21.2. The van der Waals surface area contributed by atoms with E-state index in [-0.39, 0.29) is 6.04 Å². The van der Waals surface area contributed by atoms with Gasteiger partial charge < -0.3 is 24.7 Å². The average Bonchev–Trinajstić information content (AvgIpc) is 3.39. The average molecular weight is 415 g/mol. The van der Waals surface area contributed by atoms with Crippen molar-refractivity contribution in [2.24, 2.45) is 18.0 Å². The van der Waals surface area contributed by atoms with Gasteiger partial charge in [0.2, 0.25) is 0 Å². The van der Waals surface area contributed by atoms with Gasteiger partial charge in [-0.2, -0.15) is 0 Å². The molecule has 2 N–H and O–H groups in total. The first kappa shape index (κ1) is 22.2. The Kier molecular flexibility index (Phi) is 8.65. The lowest BCUT2D eigenvalue weighted by molar-refractivity contribution is 0.0888. The Morgan fingerprint density at radius 3 is 2.87 bits per heavy atom. The van der Waals surface area contributed by atoms with Crippen LogP contribution in [0.2, 0.25) is 0 Å². The highest BCUT2D eigenvalue weighted by Gasteiger charge is 2.15.